The lowest BCUT2D eigenvalue weighted by atomic mass is 9.89. The van der Waals surface area contributed by atoms with Crippen LogP contribution in [0, 0.1) is 5.92 Å². The molecule has 2 nitrogen and oxygen atoms in total. The average molecular weight is 313 g/mol. The summed E-state index contributed by atoms with van der Waals surface area (Å²) in [6.45, 7) is 4.52. The minimum Gasteiger partial charge on any atom is -0.314 e. The molecule has 0 bridgehead atoms. The summed E-state index contributed by atoms with van der Waals surface area (Å²) in [5, 5.41) is 5.16. The van der Waals surface area contributed by atoms with E-state index in [2.05, 4.69) is 16.3 Å². The molecule has 2 heterocycles. The van der Waals surface area contributed by atoms with Crippen molar-refractivity contribution in [3.8, 4) is 0 Å². The van der Waals surface area contributed by atoms with Crippen molar-refractivity contribution in [3.05, 3.63) is 33.8 Å². The van der Waals surface area contributed by atoms with E-state index in [4.69, 9.17) is 23.2 Å². The van der Waals surface area contributed by atoms with Crippen molar-refractivity contribution in [3.63, 3.8) is 0 Å². The van der Waals surface area contributed by atoms with Crippen LogP contribution in [0.2, 0.25) is 10.0 Å². The highest BCUT2D eigenvalue weighted by Crippen LogP contribution is 2.27. The molecular formula is C16H22Cl2N2. The Hall–Kier alpha value is -0.280. The predicted molar refractivity (Wildman–Crippen MR) is 85.5 cm³/mol. The number of halogens is 2. The quantitative estimate of drug-likeness (QED) is 0.909. The summed E-state index contributed by atoms with van der Waals surface area (Å²) in [5.41, 5.74) is 1.19. The number of piperidine rings is 1. The number of benzene rings is 1. The van der Waals surface area contributed by atoms with Gasteiger partial charge in [0.25, 0.3) is 0 Å². The van der Waals surface area contributed by atoms with Crippen LogP contribution in [0.25, 0.3) is 0 Å². The molecule has 2 unspecified atom stereocenters. The molecular weight excluding hydrogens is 291 g/mol. The molecule has 1 N–H and O–H groups in total. The van der Waals surface area contributed by atoms with Gasteiger partial charge in [-0.2, -0.15) is 0 Å². The van der Waals surface area contributed by atoms with E-state index in [-0.39, 0.29) is 0 Å². The van der Waals surface area contributed by atoms with E-state index in [0.717, 1.165) is 23.5 Å². The highest BCUT2D eigenvalue weighted by atomic mass is 35.5. The van der Waals surface area contributed by atoms with Crippen LogP contribution in [0.1, 0.15) is 31.2 Å². The predicted octanol–water partition coefficient (Wildman–Crippen LogP) is 3.96. The molecule has 0 radical (unpaired) electrons. The number of rotatable bonds is 3. The lowest BCUT2D eigenvalue weighted by Crippen LogP contribution is -2.43. The van der Waals surface area contributed by atoms with E-state index in [1.807, 2.05) is 12.1 Å². The number of nitrogens with zero attached hydrogens (tertiary/aromatic N) is 1. The van der Waals surface area contributed by atoms with Gasteiger partial charge in [0.15, 0.2) is 0 Å². The lowest BCUT2D eigenvalue weighted by Gasteiger charge is -2.36. The van der Waals surface area contributed by atoms with Gasteiger partial charge in [-0.15, -0.1) is 0 Å². The Bertz CT molecular complexity index is 458. The molecule has 4 heteroatoms. The zero-order chi connectivity index (χ0) is 13.9. The van der Waals surface area contributed by atoms with Gasteiger partial charge >= 0.3 is 0 Å². The van der Waals surface area contributed by atoms with E-state index in [0.29, 0.717) is 5.02 Å². The maximum Gasteiger partial charge on any atom is 0.0465 e. The molecule has 2 fully saturated rings. The SMILES string of the molecule is Clc1ccc(CN2CCCC(C3CCCN3)C2)c(Cl)c1. The molecule has 2 aliphatic rings. The molecule has 0 amide bonds. The molecule has 0 aromatic heterocycles. The topological polar surface area (TPSA) is 15.3 Å². The van der Waals surface area contributed by atoms with Crippen molar-refractivity contribution in [2.75, 3.05) is 19.6 Å². The molecule has 2 saturated heterocycles. The third-order valence-electron chi connectivity index (χ3n) is 4.62. The van der Waals surface area contributed by atoms with Crippen LogP contribution < -0.4 is 5.32 Å². The minimum atomic E-state index is 0.713. The van der Waals surface area contributed by atoms with Gasteiger partial charge in [-0.3, -0.25) is 4.90 Å². The smallest absolute Gasteiger partial charge is 0.0465 e. The van der Waals surface area contributed by atoms with E-state index < -0.39 is 0 Å². The highest BCUT2D eigenvalue weighted by Gasteiger charge is 2.29. The lowest BCUT2D eigenvalue weighted by molar-refractivity contribution is 0.145. The van der Waals surface area contributed by atoms with Gasteiger partial charge in [0.1, 0.15) is 0 Å². The second-order valence-corrected chi connectivity index (χ2v) is 6.92. The Morgan fingerprint density at radius 2 is 2.10 bits per heavy atom. The van der Waals surface area contributed by atoms with Gasteiger partial charge in [-0.25, -0.2) is 0 Å². The third-order valence-corrected chi connectivity index (χ3v) is 5.21. The maximum atomic E-state index is 6.29. The fourth-order valence-electron chi connectivity index (χ4n) is 3.57. The summed E-state index contributed by atoms with van der Waals surface area (Å²) < 4.78 is 0. The molecule has 2 aliphatic heterocycles. The second-order valence-electron chi connectivity index (χ2n) is 6.08. The first-order chi connectivity index (χ1) is 9.72. The Balaban J connectivity index is 1.62. The average Bonchev–Trinajstić information content (AvgIpc) is 2.96. The van der Waals surface area contributed by atoms with Gasteiger partial charge in [0.2, 0.25) is 0 Å². The van der Waals surface area contributed by atoms with E-state index in [1.54, 1.807) is 0 Å². The third kappa shape index (κ3) is 3.48. The van der Waals surface area contributed by atoms with E-state index in [9.17, 15) is 0 Å². The van der Waals surface area contributed by atoms with Crippen LogP contribution in [-0.4, -0.2) is 30.6 Å². The molecule has 0 aliphatic carbocycles. The number of hydrogen-bond donors (Lipinski definition) is 1. The van der Waals surface area contributed by atoms with Gasteiger partial charge < -0.3 is 5.32 Å². The summed E-state index contributed by atoms with van der Waals surface area (Å²) in [4.78, 5) is 2.54. The molecule has 1 aromatic carbocycles. The zero-order valence-electron chi connectivity index (χ0n) is 11.7. The summed E-state index contributed by atoms with van der Waals surface area (Å²) in [7, 11) is 0. The van der Waals surface area contributed by atoms with Crippen LogP contribution >= 0.6 is 23.2 Å². The van der Waals surface area contributed by atoms with E-state index in [1.165, 1.54) is 50.9 Å². The first-order valence-electron chi connectivity index (χ1n) is 7.62. The molecule has 2 atom stereocenters. The molecule has 0 spiro atoms. The fourth-order valence-corrected chi connectivity index (χ4v) is 4.04. The van der Waals surface area contributed by atoms with Crippen molar-refractivity contribution in [1.82, 2.24) is 10.2 Å². The maximum absolute atomic E-state index is 6.29. The summed E-state index contributed by atoms with van der Waals surface area (Å²) in [6.07, 6.45) is 5.35. The summed E-state index contributed by atoms with van der Waals surface area (Å²) in [5.74, 6) is 0.803. The zero-order valence-corrected chi connectivity index (χ0v) is 13.3. The molecule has 0 saturated carbocycles. The van der Waals surface area contributed by atoms with Gasteiger partial charge in [0.05, 0.1) is 0 Å². The van der Waals surface area contributed by atoms with Gasteiger partial charge in [0, 0.05) is 29.2 Å². The second kappa shape index (κ2) is 6.65. The number of nitrogens with one attached hydrogen (secondary N) is 1. The normalized spacial score (nSPS) is 27.9. The van der Waals surface area contributed by atoms with Gasteiger partial charge in [-0.05, 0) is 62.4 Å². The molecule has 110 valence electrons. The number of hydrogen-bond acceptors (Lipinski definition) is 2. The Morgan fingerprint density at radius 1 is 1.20 bits per heavy atom. The van der Waals surface area contributed by atoms with Crippen molar-refractivity contribution >= 4 is 23.2 Å². The largest absolute Gasteiger partial charge is 0.314 e. The Morgan fingerprint density at radius 3 is 2.85 bits per heavy atom. The first-order valence-corrected chi connectivity index (χ1v) is 8.37. The molecule has 20 heavy (non-hydrogen) atoms. The highest BCUT2D eigenvalue weighted by molar-refractivity contribution is 6.35. The van der Waals surface area contributed by atoms with E-state index >= 15 is 0 Å². The Labute approximate surface area is 131 Å². The molecule has 1 aromatic rings. The monoisotopic (exact) mass is 312 g/mol. The summed E-state index contributed by atoms with van der Waals surface area (Å²) >= 11 is 12.3. The molecule has 3 rings (SSSR count). The van der Waals surface area contributed by atoms with Crippen molar-refractivity contribution < 1.29 is 0 Å². The van der Waals surface area contributed by atoms with Crippen LogP contribution in [0.5, 0.6) is 0 Å². The standard InChI is InChI=1S/C16H22Cl2N2/c17-14-6-5-12(15(18)9-14)10-20-8-2-3-13(11-20)16-4-1-7-19-16/h5-6,9,13,16,19H,1-4,7-8,10-11H2. The van der Waals surface area contributed by atoms with Crippen LogP contribution in [0.15, 0.2) is 18.2 Å². The van der Waals surface area contributed by atoms with Crippen molar-refractivity contribution in [1.29, 1.82) is 0 Å². The fraction of sp³-hybridized carbons (Fsp3) is 0.625. The van der Waals surface area contributed by atoms with Crippen LogP contribution in [0.3, 0.4) is 0 Å². The van der Waals surface area contributed by atoms with Gasteiger partial charge in [-0.1, -0.05) is 29.3 Å². The van der Waals surface area contributed by atoms with Crippen LogP contribution in [0.4, 0.5) is 0 Å². The Kier molecular flexibility index (Phi) is 4.87. The summed E-state index contributed by atoms with van der Waals surface area (Å²) in [6, 6.07) is 6.57. The van der Waals surface area contributed by atoms with Crippen molar-refractivity contribution in [2.45, 2.75) is 38.3 Å². The van der Waals surface area contributed by atoms with Crippen molar-refractivity contribution in [2.24, 2.45) is 5.92 Å². The number of likely N-dealkylation sites (tertiary alicyclic amines) is 1. The van der Waals surface area contributed by atoms with Crippen LogP contribution in [-0.2, 0) is 6.54 Å². The minimum absolute atomic E-state index is 0.713. The first kappa shape index (κ1) is 14.6.